The predicted octanol–water partition coefficient (Wildman–Crippen LogP) is 7.29. The van der Waals surface area contributed by atoms with Crippen molar-refractivity contribution in [3.05, 3.63) is 100 Å². The SMILES string of the molecule is Clc1ccccc1CSc1cn(Cc2ccccc2Cl)c2ccccc12. The number of thioether (sulfide) groups is 1. The van der Waals surface area contributed by atoms with E-state index in [9.17, 15) is 0 Å². The number of hydrogen-bond donors (Lipinski definition) is 0. The number of para-hydroxylation sites is 1. The second-order valence-electron chi connectivity index (χ2n) is 6.11. The summed E-state index contributed by atoms with van der Waals surface area (Å²) in [5.41, 5.74) is 3.49. The highest BCUT2D eigenvalue weighted by Crippen LogP contribution is 2.34. The smallest absolute Gasteiger partial charge is 0.0495 e. The summed E-state index contributed by atoms with van der Waals surface area (Å²) >= 11 is 14.5. The number of aromatic nitrogens is 1. The maximum absolute atomic E-state index is 6.36. The van der Waals surface area contributed by atoms with Crippen LogP contribution in [0.1, 0.15) is 11.1 Å². The van der Waals surface area contributed by atoms with Crippen LogP contribution in [-0.2, 0) is 12.3 Å². The minimum absolute atomic E-state index is 0.757. The number of halogens is 2. The molecule has 26 heavy (non-hydrogen) atoms. The van der Waals surface area contributed by atoms with Crippen molar-refractivity contribution in [3.63, 3.8) is 0 Å². The first kappa shape index (κ1) is 17.5. The molecule has 0 aliphatic rings. The van der Waals surface area contributed by atoms with Crippen molar-refractivity contribution in [2.75, 3.05) is 0 Å². The van der Waals surface area contributed by atoms with Gasteiger partial charge in [0.15, 0.2) is 0 Å². The second kappa shape index (κ2) is 7.79. The summed E-state index contributed by atoms with van der Waals surface area (Å²) in [5, 5.41) is 2.88. The highest BCUT2D eigenvalue weighted by Gasteiger charge is 2.11. The first-order valence-electron chi connectivity index (χ1n) is 8.40. The van der Waals surface area contributed by atoms with Crippen LogP contribution in [-0.4, -0.2) is 4.57 Å². The average Bonchev–Trinajstić information content (AvgIpc) is 3.01. The zero-order valence-corrected chi connectivity index (χ0v) is 16.4. The molecule has 0 radical (unpaired) electrons. The van der Waals surface area contributed by atoms with Gasteiger partial charge in [-0.3, -0.25) is 0 Å². The van der Waals surface area contributed by atoms with Gasteiger partial charge in [0, 0.05) is 44.3 Å². The van der Waals surface area contributed by atoms with Gasteiger partial charge in [0.05, 0.1) is 0 Å². The molecule has 1 aromatic heterocycles. The summed E-state index contributed by atoms with van der Waals surface area (Å²) < 4.78 is 2.27. The molecule has 130 valence electrons. The van der Waals surface area contributed by atoms with E-state index in [1.165, 1.54) is 15.8 Å². The van der Waals surface area contributed by atoms with Gasteiger partial charge in [-0.15, -0.1) is 11.8 Å². The normalized spacial score (nSPS) is 11.2. The van der Waals surface area contributed by atoms with Gasteiger partial charge in [-0.05, 0) is 29.3 Å². The molecule has 0 fully saturated rings. The summed E-state index contributed by atoms with van der Waals surface area (Å²) in [6.07, 6.45) is 2.22. The summed E-state index contributed by atoms with van der Waals surface area (Å²) in [6, 6.07) is 24.5. The van der Waals surface area contributed by atoms with Crippen LogP contribution in [0.15, 0.2) is 83.9 Å². The van der Waals surface area contributed by atoms with Crippen LogP contribution in [0.2, 0.25) is 10.0 Å². The van der Waals surface area contributed by atoms with E-state index in [0.29, 0.717) is 0 Å². The largest absolute Gasteiger partial charge is 0.342 e. The van der Waals surface area contributed by atoms with Crippen molar-refractivity contribution in [1.29, 1.82) is 0 Å². The van der Waals surface area contributed by atoms with Gasteiger partial charge >= 0.3 is 0 Å². The predicted molar refractivity (Wildman–Crippen MR) is 114 cm³/mol. The minimum atomic E-state index is 0.757. The Kier molecular flexibility index (Phi) is 5.26. The first-order valence-corrected chi connectivity index (χ1v) is 10.1. The van der Waals surface area contributed by atoms with Gasteiger partial charge in [-0.1, -0.05) is 77.8 Å². The molecule has 0 amide bonds. The van der Waals surface area contributed by atoms with Crippen molar-refractivity contribution in [3.8, 4) is 0 Å². The summed E-state index contributed by atoms with van der Waals surface area (Å²) in [5.74, 6) is 0.847. The maximum Gasteiger partial charge on any atom is 0.0495 e. The fourth-order valence-electron chi connectivity index (χ4n) is 3.04. The van der Waals surface area contributed by atoms with Crippen molar-refractivity contribution in [2.24, 2.45) is 0 Å². The molecule has 0 N–H and O–H groups in total. The highest BCUT2D eigenvalue weighted by molar-refractivity contribution is 7.98. The fraction of sp³-hybridized carbons (Fsp3) is 0.0909. The third kappa shape index (κ3) is 3.64. The zero-order valence-electron chi connectivity index (χ0n) is 14.0. The number of benzene rings is 3. The zero-order chi connectivity index (χ0) is 17.9. The second-order valence-corrected chi connectivity index (χ2v) is 7.94. The van der Waals surface area contributed by atoms with E-state index in [4.69, 9.17) is 23.2 Å². The molecule has 0 saturated carbocycles. The maximum atomic E-state index is 6.36. The quantitative estimate of drug-likeness (QED) is 0.320. The average molecular weight is 398 g/mol. The van der Waals surface area contributed by atoms with Crippen LogP contribution in [0.5, 0.6) is 0 Å². The lowest BCUT2D eigenvalue weighted by Crippen LogP contribution is -1.98. The third-order valence-corrected chi connectivity index (χ3v) is 6.22. The van der Waals surface area contributed by atoms with Gasteiger partial charge in [0.25, 0.3) is 0 Å². The number of fused-ring (bicyclic) bond motifs is 1. The molecule has 3 aromatic carbocycles. The third-order valence-electron chi connectivity index (χ3n) is 4.39. The molecular formula is C22H17Cl2NS. The van der Waals surface area contributed by atoms with E-state index in [0.717, 1.165) is 33.5 Å². The van der Waals surface area contributed by atoms with Crippen LogP contribution < -0.4 is 0 Å². The van der Waals surface area contributed by atoms with Crippen molar-refractivity contribution < 1.29 is 0 Å². The van der Waals surface area contributed by atoms with Gasteiger partial charge in [0.1, 0.15) is 0 Å². The Hall–Kier alpha value is -1.87. The van der Waals surface area contributed by atoms with E-state index in [-0.39, 0.29) is 0 Å². The Labute approximate surface area is 167 Å². The molecule has 0 unspecified atom stereocenters. The fourth-order valence-corrected chi connectivity index (χ4v) is 4.61. The molecule has 0 bridgehead atoms. The van der Waals surface area contributed by atoms with Gasteiger partial charge in [0.2, 0.25) is 0 Å². The Morgan fingerprint density at radius 1 is 0.731 bits per heavy atom. The Morgan fingerprint density at radius 3 is 2.08 bits per heavy atom. The van der Waals surface area contributed by atoms with E-state index < -0.39 is 0 Å². The van der Waals surface area contributed by atoms with Gasteiger partial charge in [-0.2, -0.15) is 0 Å². The molecule has 0 atom stereocenters. The van der Waals surface area contributed by atoms with E-state index in [1.54, 1.807) is 0 Å². The lowest BCUT2D eigenvalue weighted by Gasteiger charge is -2.07. The monoisotopic (exact) mass is 397 g/mol. The lowest BCUT2D eigenvalue weighted by molar-refractivity contribution is 0.830. The van der Waals surface area contributed by atoms with Crippen LogP contribution in [0.25, 0.3) is 10.9 Å². The molecule has 0 aliphatic carbocycles. The Balaban J connectivity index is 1.66. The molecular weight excluding hydrogens is 381 g/mol. The van der Waals surface area contributed by atoms with Crippen molar-refractivity contribution in [2.45, 2.75) is 17.2 Å². The van der Waals surface area contributed by atoms with Crippen LogP contribution >= 0.6 is 35.0 Å². The Bertz CT molecular complexity index is 1050. The first-order chi connectivity index (χ1) is 12.7. The van der Waals surface area contributed by atoms with Crippen LogP contribution in [0.3, 0.4) is 0 Å². The summed E-state index contributed by atoms with van der Waals surface area (Å²) in [4.78, 5) is 1.26. The standard InChI is InChI=1S/C22H17Cl2NS/c23-19-10-4-1-7-16(19)13-25-14-22(18-9-3-6-12-21(18)25)26-15-17-8-2-5-11-20(17)24/h1-12,14H,13,15H2. The topological polar surface area (TPSA) is 4.93 Å². The Morgan fingerprint density at radius 2 is 1.35 bits per heavy atom. The minimum Gasteiger partial charge on any atom is -0.342 e. The molecule has 4 heteroatoms. The number of hydrogen-bond acceptors (Lipinski definition) is 1. The molecule has 0 spiro atoms. The van der Waals surface area contributed by atoms with Gasteiger partial charge < -0.3 is 4.57 Å². The van der Waals surface area contributed by atoms with Crippen molar-refractivity contribution >= 4 is 45.9 Å². The van der Waals surface area contributed by atoms with Crippen molar-refractivity contribution in [1.82, 2.24) is 4.57 Å². The van der Waals surface area contributed by atoms with E-state index in [1.807, 2.05) is 48.2 Å². The highest BCUT2D eigenvalue weighted by atomic mass is 35.5. The molecule has 1 nitrogen and oxygen atoms in total. The van der Waals surface area contributed by atoms with Crippen LogP contribution in [0, 0.1) is 0 Å². The van der Waals surface area contributed by atoms with E-state index in [2.05, 4.69) is 47.2 Å². The van der Waals surface area contributed by atoms with E-state index >= 15 is 0 Å². The number of rotatable bonds is 5. The summed E-state index contributed by atoms with van der Waals surface area (Å²) in [7, 11) is 0. The van der Waals surface area contributed by atoms with Crippen LogP contribution in [0.4, 0.5) is 0 Å². The molecule has 1 heterocycles. The van der Waals surface area contributed by atoms with Gasteiger partial charge in [-0.25, -0.2) is 0 Å². The lowest BCUT2D eigenvalue weighted by atomic mass is 10.2. The number of nitrogens with zero attached hydrogens (tertiary/aromatic N) is 1. The molecule has 4 aromatic rings. The molecule has 4 rings (SSSR count). The molecule has 0 saturated heterocycles. The summed E-state index contributed by atoms with van der Waals surface area (Å²) in [6.45, 7) is 0.757. The molecule has 0 aliphatic heterocycles.